The summed E-state index contributed by atoms with van der Waals surface area (Å²) in [5.74, 6) is -0.498. The van der Waals surface area contributed by atoms with Gasteiger partial charge in [-0.2, -0.15) is 0 Å². The number of anilines is 1. The number of rotatable bonds is 3. The van der Waals surface area contributed by atoms with Gasteiger partial charge in [0, 0.05) is 40.6 Å². The first-order valence-corrected chi connectivity index (χ1v) is 11.3. The highest BCUT2D eigenvalue weighted by molar-refractivity contribution is 6.42. The molecule has 7 heteroatoms. The molecule has 0 radical (unpaired) electrons. The van der Waals surface area contributed by atoms with Crippen molar-refractivity contribution in [2.45, 2.75) is 46.5 Å². The Morgan fingerprint density at radius 2 is 1.84 bits per heavy atom. The summed E-state index contributed by atoms with van der Waals surface area (Å²) in [5.41, 5.74) is 3.81. The van der Waals surface area contributed by atoms with Gasteiger partial charge < -0.3 is 10.6 Å². The van der Waals surface area contributed by atoms with Gasteiger partial charge in [0.2, 0.25) is 0 Å². The minimum atomic E-state index is -0.620. The van der Waals surface area contributed by atoms with Crippen molar-refractivity contribution in [3.05, 3.63) is 80.2 Å². The van der Waals surface area contributed by atoms with E-state index in [-0.39, 0.29) is 17.1 Å². The number of halogens is 2. The van der Waals surface area contributed by atoms with Crippen molar-refractivity contribution in [2.75, 3.05) is 5.32 Å². The van der Waals surface area contributed by atoms with Gasteiger partial charge in [0.15, 0.2) is 5.78 Å². The molecular formula is C25H25Cl2N3O2. The number of carbonyl (C=O) groups excluding carboxylic acids is 2. The average Bonchev–Trinajstić information content (AvgIpc) is 2.68. The number of hydrogen-bond donors (Lipinski definition) is 2. The number of hydrogen-bond acceptors (Lipinski definition) is 4. The van der Waals surface area contributed by atoms with Gasteiger partial charge in [0.05, 0.1) is 10.0 Å². The molecule has 2 aliphatic rings. The van der Waals surface area contributed by atoms with Gasteiger partial charge >= 0.3 is 0 Å². The van der Waals surface area contributed by atoms with Gasteiger partial charge in [0.1, 0.15) is 5.82 Å². The molecule has 1 aliphatic carbocycles. The quantitative estimate of drug-likeness (QED) is 0.583. The number of aromatic nitrogens is 1. The maximum Gasteiger partial charge on any atom is 0.255 e. The molecule has 5 nitrogen and oxygen atoms in total. The second-order valence-corrected chi connectivity index (χ2v) is 9.98. The molecule has 1 aromatic carbocycles. The van der Waals surface area contributed by atoms with Crippen molar-refractivity contribution in [3.63, 3.8) is 0 Å². The SMILES string of the molecule is CC1=C(C(=O)Nc2cccc(C)n2)C(c2cccc(Cl)c2Cl)C2=C(CC(C)(C)CC2=O)N1. The number of nitrogens with zero attached hydrogens (tertiary/aromatic N) is 1. The first-order chi connectivity index (χ1) is 15.1. The summed E-state index contributed by atoms with van der Waals surface area (Å²) in [6.07, 6.45) is 1.10. The highest BCUT2D eigenvalue weighted by Crippen LogP contribution is 2.48. The molecule has 0 saturated heterocycles. The van der Waals surface area contributed by atoms with Crippen LogP contribution in [-0.2, 0) is 9.59 Å². The van der Waals surface area contributed by atoms with E-state index in [4.69, 9.17) is 23.2 Å². The van der Waals surface area contributed by atoms with Gasteiger partial charge in [0.25, 0.3) is 5.91 Å². The average molecular weight is 470 g/mol. The van der Waals surface area contributed by atoms with Crippen molar-refractivity contribution in [3.8, 4) is 0 Å². The summed E-state index contributed by atoms with van der Waals surface area (Å²) in [6.45, 7) is 7.85. The summed E-state index contributed by atoms with van der Waals surface area (Å²) in [5, 5.41) is 6.96. The van der Waals surface area contributed by atoms with Crippen molar-refractivity contribution < 1.29 is 9.59 Å². The lowest BCUT2D eigenvalue weighted by atomic mass is 9.68. The monoisotopic (exact) mass is 469 g/mol. The lowest BCUT2D eigenvalue weighted by molar-refractivity contribution is -0.118. The molecule has 4 rings (SSSR count). The first kappa shape index (κ1) is 22.6. The van der Waals surface area contributed by atoms with E-state index in [9.17, 15) is 9.59 Å². The molecule has 32 heavy (non-hydrogen) atoms. The van der Waals surface area contributed by atoms with Gasteiger partial charge in [-0.15, -0.1) is 0 Å². The molecular weight excluding hydrogens is 445 g/mol. The maximum atomic E-state index is 13.5. The van der Waals surface area contributed by atoms with Crippen molar-refractivity contribution in [2.24, 2.45) is 5.41 Å². The zero-order valence-electron chi connectivity index (χ0n) is 18.5. The Morgan fingerprint density at radius 1 is 1.12 bits per heavy atom. The number of nitrogens with one attached hydrogen (secondary N) is 2. The van der Waals surface area contributed by atoms with Crippen molar-refractivity contribution in [1.82, 2.24) is 10.3 Å². The first-order valence-electron chi connectivity index (χ1n) is 10.5. The highest BCUT2D eigenvalue weighted by atomic mass is 35.5. The van der Waals surface area contributed by atoms with Gasteiger partial charge in [-0.3, -0.25) is 9.59 Å². The molecule has 1 aromatic heterocycles. The predicted molar refractivity (Wildman–Crippen MR) is 128 cm³/mol. The molecule has 2 aromatic rings. The summed E-state index contributed by atoms with van der Waals surface area (Å²) >= 11 is 12.9. The minimum absolute atomic E-state index is 0.0104. The molecule has 1 aliphatic heterocycles. The van der Waals surface area contributed by atoms with Crippen LogP contribution in [0.5, 0.6) is 0 Å². The zero-order valence-corrected chi connectivity index (χ0v) is 20.0. The van der Waals surface area contributed by atoms with Crippen molar-refractivity contribution in [1.29, 1.82) is 0 Å². The number of dihydropyridines is 1. The largest absolute Gasteiger partial charge is 0.362 e. The highest BCUT2D eigenvalue weighted by Gasteiger charge is 2.43. The van der Waals surface area contributed by atoms with Gasteiger partial charge in [-0.05, 0) is 49.4 Å². The van der Waals surface area contributed by atoms with E-state index in [0.29, 0.717) is 51.1 Å². The number of aryl methyl sites for hydroxylation is 1. The van der Waals surface area contributed by atoms with E-state index in [1.165, 1.54) is 0 Å². The Hall–Kier alpha value is -2.63. The van der Waals surface area contributed by atoms with Crippen LogP contribution in [0.2, 0.25) is 10.0 Å². The fourth-order valence-electron chi connectivity index (χ4n) is 4.59. The number of Topliss-reactive ketones (excluding diaryl/α,β-unsaturated/α-hetero) is 1. The Morgan fingerprint density at radius 3 is 2.56 bits per heavy atom. The van der Waals surface area contributed by atoms with Crippen LogP contribution in [0.3, 0.4) is 0 Å². The fourth-order valence-corrected chi connectivity index (χ4v) is 5.00. The normalized spacial score (nSPS) is 20.1. The fraction of sp³-hybridized carbons (Fsp3) is 0.320. The number of carbonyl (C=O) groups is 2. The van der Waals surface area contributed by atoms with Gasteiger partial charge in [-0.1, -0.05) is 55.2 Å². The van der Waals surface area contributed by atoms with E-state index in [1.807, 2.05) is 32.0 Å². The van der Waals surface area contributed by atoms with Gasteiger partial charge in [-0.25, -0.2) is 4.98 Å². The van der Waals surface area contributed by atoms with E-state index in [1.54, 1.807) is 18.2 Å². The zero-order chi connectivity index (χ0) is 23.2. The maximum absolute atomic E-state index is 13.5. The number of pyridine rings is 1. The molecule has 2 N–H and O–H groups in total. The smallest absolute Gasteiger partial charge is 0.255 e. The third kappa shape index (κ3) is 4.19. The van der Waals surface area contributed by atoms with Crippen LogP contribution >= 0.6 is 23.2 Å². The lowest BCUT2D eigenvalue weighted by Gasteiger charge is -2.39. The minimum Gasteiger partial charge on any atom is -0.362 e. The molecule has 1 amide bonds. The topological polar surface area (TPSA) is 71.1 Å². The number of benzene rings is 1. The molecule has 1 atom stereocenters. The van der Waals surface area contributed by atoms with Crippen LogP contribution in [-0.4, -0.2) is 16.7 Å². The second-order valence-electron chi connectivity index (χ2n) is 9.19. The van der Waals surface area contributed by atoms with Crippen molar-refractivity contribution >= 4 is 40.7 Å². The molecule has 0 bridgehead atoms. The molecule has 1 unspecified atom stereocenters. The summed E-state index contributed by atoms with van der Waals surface area (Å²) in [6, 6.07) is 10.7. The van der Waals surface area contributed by atoms with Crippen LogP contribution in [0, 0.1) is 12.3 Å². The van der Waals surface area contributed by atoms with Crippen LogP contribution in [0.4, 0.5) is 5.82 Å². The third-order valence-electron chi connectivity index (χ3n) is 5.91. The standard InChI is InChI=1S/C25H25Cl2N3O2/c1-13-7-5-10-19(28-13)30-24(32)20-14(2)29-17-11-25(3,4)12-18(31)22(17)21(20)15-8-6-9-16(26)23(15)27/h5-10,21,29H,11-12H2,1-4H3,(H,28,30,32). The summed E-state index contributed by atoms with van der Waals surface area (Å²) in [7, 11) is 0. The molecule has 0 fully saturated rings. The van der Waals surface area contributed by atoms with Crippen LogP contribution in [0.1, 0.15) is 50.8 Å². The number of amides is 1. The molecule has 0 saturated carbocycles. The Kier molecular flexibility index (Phi) is 5.91. The molecule has 166 valence electrons. The third-order valence-corrected chi connectivity index (χ3v) is 6.74. The number of ketones is 1. The van der Waals surface area contributed by atoms with E-state index in [0.717, 1.165) is 11.4 Å². The van der Waals surface area contributed by atoms with Crippen LogP contribution in [0.15, 0.2) is 58.9 Å². The second kappa shape index (κ2) is 8.38. The number of allylic oxidation sites excluding steroid dienone is 3. The van der Waals surface area contributed by atoms with Crippen LogP contribution < -0.4 is 10.6 Å². The summed E-state index contributed by atoms with van der Waals surface area (Å²) < 4.78 is 0. The summed E-state index contributed by atoms with van der Waals surface area (Å²) in [4.78, 5) is 31.3. The molecule has 2 heterocycles. The Balaban J connectivity index is 1.85. The Labute approximate surface area is 197 Å². The van der Waals surface area contributed by atoms with E-state index in [2.05, 4.69) is 29.5 Å². The van der Waals surface area contributed by atoms with Crippen LogP contribution in [0.25, 0.3) is 0 Å². The van der Waals surface area contributed by atoms with E-state index < -0.39 is 5.92 Å². The predicted octanol–water partition coefficient (Wildman–Crippen LogP) is 5.94. The van der Waals surface area contributed by atoms with E-state index >= 15 is 0 Å². The lowest BCUT2D eigenvalue weighted by Crippen LogP contribution is -2.39. The Bertz CT molecular complexity index is 1200. The molecule has 0 spiro atoms.